The zero-order chi connectivity index (χ0) is 12.1. The van der Waals surface area contributed by atoms with E-state index in [1.807, 2.05) is 6.07 Å². The van der Waals surface area contributed by atoms with Crippen molar-refractivity contribution in [1.82, 2.24) is 4.98 Å². The third kappa shape index (κ3) is 2.67. The summed E-state index contributed by atoms with van der Waals surface area (Å²) in [5, 5.41) is 8.85. The number of ether oxygens (including phenoxy) is 1. The first-order chi connectivity index (χ1) is 7.63. The number of pyridine rings is 1. The number of aromatic nitrogens is 1. The van der Waals surface area contributed by atoms with Gasteiger partial charge in [0.15, 0.2) is 0 Å². The Morgan fingerprint density at radius 2 is 2.25 bits per heavy atom. The van der Waals surface area contributed by atoms with Crippen molar-refractivity contribution in [3.05, 3.63) is 22.9 Å². The molecule has 0 bridgehead atoms. The minimum Gasteiger partial charge on any atom is -0.481 e. The Bertz CT molecular complexity index is 418. The molecule has 0 saturated carbocycles. The lowest BCUT2D eigenvalue weighted by Crippen LogP contribution is -2.03. The fraction of sp³-hybridized carbons (Fsp3) is 0.400. The van der Waals surface area contributed by atoms with E-state index in [2.05, 4.69) is 20.9 Å². The van der Waals surface area contributed by atoms with Crippen molar-refractivity contribution >= 4 is 15.9 Å². The summed E-state index contributed by atoms with van der Waals surface area (Å²) in [5.41, 5.74) is 0.584. The standard InChI is InChI=1S/C10H9BrF2N2O/c1-16-10-6(2-3-14)4-7(5-11)8(15-10)9(12)13/h4,9H,2,5H2,1H3. The molecule has 0 aromatic carbocycles. The molecule has 0 fully saturated rings. The van der Waals surface area contributed by atoms with Gasteiger partial charge in [0.1, 0.15) is 5.69 Å². The monoisotopic (exact) mass is 290 g/mol. The normalized spacial score (nSPS) is 10.2. The van der Waals surface area contributed by atoms with E-state index in [0.717, 1.165) is 0 Å². The number of hydrogen-bond donors (Lipinski definition) is 0. The lowest BCUT2D eigenvalue weighted by Gasteiger charge is -2.11. The van der Waals surface area contributed by atoms with Crippen LogP contribution in [0.15, 0.2) is 6.07 Å². The van der Waals surface area contributed by atoms with Gasteiger partial charge in [0.05, 0.1) is 19.6 Å². The van der Waals surface area contributed by atoms with Crippen molar-refractivity contribution < 1.29 is 13.5 Å². The van der Waals surface area contributed by atoms with E-state index in [1.54, 1.807) is 0 Å². The second-order valence-electron chi connectivity index (χ2n) is 2.97. The first-order valence-electron chi connectivity index (χ1n) is 4.41. The second kappa shape index (κ2) is 5.75. The lowest BCUT2D eigenvalue weighted by molar-refractivity contribution is 0.144. The summed E-state index contributed by atoms with van der Waals surface area (Å²) >= 11 is 3.11. The smallest absolute Gasteiger partial charge is 0.280 e. The third-order valence-electron chi connectivity index (χ3n) is 1.99. The van der Waals surface area contributed by atoms with Crippen molar-refractivity contribution in [2.45, 2.75) is 18.2 Å². The van der Waals surface area contributed by atoms with Gasteiger partial charge in [0.2, 0.25) is 5.88 Å². The molecule has 0 N–H and O–H groups in total. The van der Waals surface area contributed by atoms with E-state index in [4.69, 9.17) is 10.00 Å². The van der Waals surface area contributed by atoms with Gasteiger partial charge >= 0.3 is 0 Å². The molecule has 1 rings (SSSR count). The topological polar surface area (TPSA) is 45.9 Å². The molecule has 0 aliphatic carbocycles. The summed E-state index contributed by atoms with van der Waals surface area (Å²) < 4.78 is 30.2. The predicted octanol–water partition coefficient (Wildman–Crippen LogP) is 2.99. The fourth-order valence-electron chi connectivity index (χ4n) is 1.28. The van der Waals surface area contributed by atoms with Crippen molar-refractivity contribution in [2.75, 3.05) is 7.11 Å². The van der Waals surface area contributed by atoms with Gasteiger partial charge < -0.3 is 4.74 Å². The van der Waals surface area contributed by atoms with Crippen molar-refractivity contribution in [3.63, 3.8) is 0 Å². The zero-order valence-electron chi connectivity index (χ0n) is 8.51. The summed E-state index contributed by atoms with van der Waals surface area (Å²) in [6.07, 6.45) is -2.57. The maximum atomic E-state index is 12.6. The van der Waals surface area contributed by atoms with Crippen LogP contribution in [0, 0.1) is 11.3 Å². The van der Waals surface area contributed by atoms with Crippen LogP contribution >= 0.6 is 15.9 Å². The maximum Gasteiger partial charge on any atom is 0.280 e. The predicted molar refractivity (Wildman–Crippen MR) is 57.7 cm³/mol. The molecule has 3 nitrogen and oxygen atoms in total. The minimum atomic E-state index is -2.66. The van der Waals surface area contributed by atoms with Crippen LogP contribution < -0.4 is 4.74 Å². The van der Waals surface area contributed by atoms with Gasteiger partial charge in [-0.25, -0.2) is 13.8 Å². The third-order valence-corrected chi connectivity index (χ3v) is 2.59. The van der Waals surface area contributed by atoms with Gasteiger partial charge in [-0.2, -0.15) is 5.26 Å². The molecule has 0 aliphatic rings. The van der Waals surface area contributed by atoms with E-state index in [1.165, 1.54) is 13.2 Å². The molecule has 1 aromatic rings. The van der Waals surface area contributed by atoms with Crippen LogP contribution in [0.5, 0.6) is 5.88 Å². The SMILES string of the molecule is COc1nc(C(F)F)c(CBr)cc1CC#N. The molecule has 6 heteroatoms. The first kappa shape index (κ1) is 12.8. The molecule has 0 unspecified atom stereocenters. The molecule has 86 valence electrons. The molecule has 0 atom stereocenters. The van der Waals surface area contributed by atoms with Crippen LogP contribution in [0.2, 0.25) is 0 Å². The molecule has 16 heavy (non-hydrogen) atoms. The zero-order valence-corrected chi connectivity index (χ0v) is 10.1. The minimum absolute atomic E-state index is 0.0830. The summed E-state index contributed by atoms with van der Waals surface area (Å²) in [6.45, 7) is 0. The summed E-state index contributed by atoms with van der Waals surface area (Å²) in [6, 6.07) is 3.46. The fourth-order valence-corrected chi connectivity index (χ4v) is 1.73. The Labute approximate surface area is 100 Å². The van der Waals surface area contributed by atoms with Crippen molar-refractivity contribution in [2.24, 2.45) is 0 Å². The van der Waals surface area contributed by atoms with Gasteiger partial charge in [-0.3, -0.25) is 0 Å². The van der Waals surface area contributed by atoms with E-state index >= 15 is 0 Å². The molecule has 1 aromatic heterocycles. The highest BCUT2D eigenvalue weighted by atomic mass is 79.9. The Kier molecular flexibility index (Phi) is 4.62. The number of rotatable bonds is 4. The van der Waals surface area contributed by atoms with E-state index < -0.39 is 6.43 Å². The summed E-state index contributed by atoms with van der Waals surface area (Å²) in [5.74, 6) is 0.0848. The van der Waals surface area contributed by atoms with Gasteiger partial charge in [0, 0.05) is 10.9 Å². The number of alkyl halides is 3. The molecular formula is C10H9BrF2N2O. The van der Waals surface area contributed by atoms with Crippen LogP contribution in [0.3, 0.4) is 0 Å². The highest BCUT2D eigenvalue weighted by Crippen LogP contribution is 2.28. The quantitative estimate of drug-likeness (QED) is 0.801. The molecule has 1 heterocycles. The first-order valence-corrected chi connectivity index (χ1v) is 5.54. The number of halogens is 3. The van der Waals surface area contributed by atoms with Gasteiger partial charge in [-0.1, -0.05) is 15.9 Å². The highest BCUT2D eigenvalue weighted by Gasteiger charge is 2.18. The van der Waals surface area contributed by atoms with Crippen LogP contribution in [0.25, 0.3) is 0 Å². The van der Waals surface area contributed by atoms with E-state index in [-0.39, 0.29) is 23.3 Å². The van der Waals surface area contributed by atoms with Crippen LogP contribution in [0.1, 0.15) is 23.2 Å². The number of nitrogens with zero attached hydrogens (tertiary/aromatic N) is 2. The second-order valence-corrected chi connectivity index (χ2v) is 3.53. The highest BCUT2D eigenvalue weighted by molar-refractivity contribution is 9.08. The molecule has 0 radical (unpaired) electrons. The van der Waals surface area contributed by atoms with Crippen molar-refractivity contribution in [3.8, 4) is 11.9 Å². The Balaban J connectivity index is 3.29. The van der Waals surface area contributed by atoms with Crippen LogP contribution in [-0.2, 0) is 11.8 Å². The number of nitriles is 1. The molecule has 0 aliphatic heterocycles. The largest absolute Gasteiger partial charge is 0.481 e. The van der Waals surface area contributed by atoms with Crippen LogP contribution in [-0.4, -0.2) is 12.1 Å². The Morgan fingerprint density at radius 1 is 1.56 bits per heavy atom. The average molecular weight is 291 g/mol. The summed E-state index contributed by atoms with van der Waals surface area (Å²) in [7, 11) is 1.34. The maximum absolute atomic E-state index is 12.6. The van der Waals surface area contributed by atoms with Crippen molar-refractivity contribution in [1.29, 1.82) is 5.26 Å². The van der Waals surface area contributed by atoms with Gasteiger partial charge in [-0.15, -0.1) is 0 Å². The molecule has 0 spiro atoms. The Morgan fingerprint density at radius 3 is 2.69 bits per heavy atom. The summed E-state index contributed by atoms with van der Waals surface area (Å²) in [4.78, 5) is 3.73. The van der Waals surface area contributed by atoms with Gasteiger partial charge in [-0.05, 0) is 11.6 Å². The average Bonchev–Trinajstić information content (AvgIpc) is 2.28. The Hall–Kier alpha value is -1.22. The van der Waals surface area contributed by atoms with Crippen LogP contribution in [0.4, 0.5) is 8.78 Å². The molecule has 0 amide bonds. The van der Waals surface area contributed by atoms with Gasteiger partial charge in [0.25, 0.3) is 6.43 Å². The molecule has 0 saturated heterocycles. The van der Waals surface area contributed by atoms with E-state index in [0.29, 0.717) is 11.1 Å². The number of methoxy groups -OCH3 is 1. The molecular weight excluding hydrogens is 282 g/mol. The van der Waals surface area contributed by atoms with E-state index in [9.17, 15) is 8.78 Å². The number of hydrogen-bond acceptors (Lipinski definition) is 3. The lowest BCUT2D eigenvalue weighted by atomic mass is 10.1.